The Labute approximate surface area is 130 Å². The number of ether oxygens (including phenoxy) is 1. The van der Waals surface area contributed by atoms with Gasteiger partial charge in [-0.15, -0.1) is 0 Å². The van der Waals surface area contributed by atoms with E-state index in [1.54, 1.807) is 0 Å². The van der Waals surface area contributed by atoms with Gasteiger partial charge in [0.2, 0.25) is 0 Å². The lowest BCUT2D eigenvalue weighted by Crippen LogP contribution is -2.31. The zero-order valence-electron chi connectivity index (χ0n) is 12.5. The first-order valence-corrected chi connectivity index (χ1v) is 7.79. The fourth-order valence-electron chi connectivity index (χ4n) is 2.53. The van der Waals surface area contributed by atoms with E-state index in [1.165, 1.54) is 0 Å². The molecule has 1 fully saturated rings. The first-order valence-electron chi connectivity index (χ1n) is 7.79. The largest absolute Gasteiger partial charge is 0.484 e. The molecule has 4 nitrogen and oxygen atoms in total. The van der Waals surface area contributed by atoms with Crippen LogP contribution in [0.5, 0.6) is 5.75 Å². The van der Waals surface area contributed by atoms with Crippen molar-refractivity contribution in [2.45, 2.75) is 25.4 Å². The minimum Gasteiger partial charge on any atom is -0.484 e. The Morgan fingerprint density at radius 1 is 1.23 bits per heavy atom. The molecule has 2 N–H and O–H groups in total. The second-order valence-corrected chi connectivity index (χ2v) is 5.84. The van der Waals surface area contributed by atoms with Crippen LogP contribution in [0.1, 0.15) is 19.3 Å². The average Bonchev–Trinajstić information content (AvgIpc) is 3.37. The summed E-state index contributed by atoms with van der Waals surface area (Å²) in [5.41, 5.74) is 0. The van der Waals surface area contributed by atoms with Gasteiger partial charge in [0.15, 0.2) is 6.61 Å². The molecule has 116 valence electrons. The van der Waals surface area contributed by atoms with E-state index in [2.05, 4.69) is 5.32 Å². The van der Waals surface area contributed by atoms with Crippen LogP contribution < -0.4 is 10.1 Å². The first kappa shape index (κ1) is 14.9. The van der Waals surface area contributed by atoms with Crippen molar-refractivity contribution in [1.82, 2.24) is 5.32 Å². The van der Waals surface area contributed by atoms with Crippen molar-refractivity contribution in [3.05, 3.63) is 42.5 Å². The van der Waals surface area contributed by atoms with Crippen LogP contribution in [-0.4, -0.2) is 30.3 Å². The standard InChI is InChI=1S/C18H21NO3/c20-17(14-5-6-14)9-10-19-18(21)12-22-16-8-7-13-3-1-2-4-15(13)11-16/h1-4,7-8,11,14,17,20H,5-6,9-10,12H2,(H,19,21)/t17-/m1/s1. The normalized spacial score (nSPS) is 15.5. The summed E-state index contributed by atoms with van der Waals surface area (Å²) in [6.45, 7) is 0.495. The summed E-state index contributed by atoms with van der Waals surface area (Å²) in [6.07, 6.45) is 2.56. The van der Waals surface area contributed by atoms with Gasteiger partial charge in [0, 0.05) is 6.54 Å². The zero-order valence-corrected chi connectivity index (χ0v) is 12.5. The van der Waals surface area contributed by atoms with E-state index in [0.29, 0.717) is 24.6 Å². The average molecular weight is 299 g/mol. The molecular weight excluding hydrogens is 278 g/mol. The summed E-state index contributed by atoms with van der Waals surface area (Å²) in [4.78, 5) is 11.7. The third kappa shape index (κ3) is 3.98. The number of amides is 1. The van der Waals surface area contributed by atoms with Gasteiger partial charge in [0.1, 0.15) is 5.75 Å². The number of hydrogen-bond acceptors (Lipinski definition) is 3. The highest BCUT2D eigenvalue weighted by atomic mass is 16.5. The number of nitrogens with one attached hydrogen (secondary N) is 1. The first-order chi connectivity index (χ1) is 10.7. The Kier molecular flexibility index (Phi) is 4.59. The SMILES string of the molecule is O=C(COc1ccc2ccccc2c1)NCC[C@@H](O)C1CC1. The maximum atomic E-state index is 11.7. The Morgan fingerprint density at radius 3 is 2.77 bits per heavy atom. The van der Waals surface area contributed by atoms with Crippen LogP contribution in [0.2, 0.25) is 0 Å². The topological polar surface area (TPSA) is 58.6 Å². The fraction of sp³-hybridized carbons (Fsp3) is 0.389. The molecule has 1 aliphatic carbocycles. The number of aliphatic hydroxyl groups excluding tert-OH is 1. The highest BCUT2D eigenvalue weighted by Crippen LogP contribution is 2.33. The minimum absolute atomic E-state index is 0.00212. The molecule has 0 aromatic heterocycles. The van der Waals surface area contributed by atoms with Gasteiger partial charge in [-0.25, -0.2) is 0 Å². The monoisotopic (exact) mass is 299 g/mol. The van der Waals surface area contributed by atoms with Crippen molar-refractivity contribution in [2.75, 3.05) is 13.2 Å². The third-order valence-electron chi connectivity index (χ3n) is 4.02. The number of hydrogen-bond donors (Lipinski definition) is 2. The van der Waals surface area contributed by atoms with E-state index >= 15 is 0 Å². The van der Waals surface area contributed by atoms with E-state index in [9.17, 15) is 9.90 Å². The van der Waals surface area contributed by atoms with Crippen molar-refractivity contribution in [3.63, 3.8) is 0 Å². The number of carbonyl (C=O) groups excluding carboxylic acids is 1. The Morgan fingerprint density at radius 2 is 2.00 bits per heavy atom. The van der Waals surface area contributed by atoms with Gasteiger partial charge < -0.3 is 15.2 Å². The van der Waals surface area contributed by atoms with Crippen LogP contribution >= 0.6 is 0 Å². The van der Waals surface area contributed by atoms with Crippen molar-refractivity contribution in [1.29, 1.82) is 0 Å². The molecule has 0 bridgehead atoms. The van der Waals surface area contributed by atoms with Gasteiger partial charge in [-0.1, -0.05) is 30.3 Å². The van der Waals surface area contributed by atoms with Gasteiger partial charge in [-0.05, 0) is 48.1 Å². The number of carbonyl (C=O) groups is 1. The maximum Gasteiger partial charge on any atom is 0.257 e. The summed E-state index contributed by atoms with van der Waals surface area (Å²) >= 11 is 0. The molecule has 0 radical (unpaired) electrons. The fourth-order valence-corrected chi connectivity index (χ4v) is 2.53. The third-order valence-corrected chi connectivity index (χ3v) is 4.02. The molecule has 22 heavy (non-hydrogen) atoms. The van der Waals surface area contributed by atoms with Crippen LogP contribution in [-0.2, 0) is 4.79 Å². The van der Waals surface area contributed by atoms with E-state index in [1.807, 2.05) is 42.5 Å². The van der Waals surface area contributed by atoms with Crippen LogP contribution in [0.3, 0.4) is 0 Å². The summed E-state index contributed by atoms with van der Waals surface area (Å²) in [7, 11) is 0. The molecule has 3 rings (SSSR count). The van der Waals surface area contributed by atoms with Crippen LogP contribution in [0, 0.1) is 5.92 Å². The van der Waals surface area contributed by atoms with Gasteiger partial charge >= 0.3 is 0 Å². The number of benzene rings is 2. The van der Waals surface area contributed by atoms with E-state index < -0.39 is 0 Å². The zero-order chi connectivity index (χ0) is 15.4. The predicted molar refractivity (Wildman–Crippen MR) is 85.8 cm³/mol. The molecule has 0 unspecified atom stereocenters. The lowest BCUT2D eigenvalue weighted by atomic mass is 10.1. The minimum atomic E-state index is -0.276. The maximum absolute atomic E-state index is 11.7. The van der Waals surface area contributed by atoms with E-state index in [4.69, 9.17) is 4.74 Å². The summed E-state index contributed by atoms with van der Waals surface area (Å²) in [5.74, 6) is 0.980. The van der Waals surface area contributed by atoms with Crippen molar-refractivity contribution in [2.24, 2.45) is 5.92 Å². The van der Waals surface area contributed by atoms with E-state index in [-0.39, 0.29) is 18.6 Å². The van der Waals surface area contributed by atoms with Gasteiger partial charge in [-0.2, -0.15) is 0 Å². The molecule has 2 aromatic rings. The van der Waals surface area contributed by atoms with Crippen LogP contribution in [0.4, 0.5) is 0 Å². The van der Waals surface area contributed by atoms with Crippen LogP contribution in [0.25, 0.3) is 10.8 Å². The van der Waals surface area contributed by atoms with Gasteiger partial charge in [-0.3, -0.25) is 4.79 Å². The lowest BCUT2D eigenvalue weighted by Gasteiger charge is -2.11. The Bertz CT molecular complexity index is 652. The molecule has 0 heterocycles. The lowest BCUT2D eigenvalue weighted by molar-refractivity contribution is -0.123. The number of rotatable bonds is 7. The van der Waals surface area contributed by atoms with Crippen molar-refractivity contribution in [3.8, 4) is 5.75 Å². The smallest absolute Gasteiger partial charge is 0.257 e. The molecule has 1 amide bonds. The Balaban J connectivity index is 1.43. The van der Waals surface area contributed by atoms with Gasteiger partial charge in [0.25, 0.3) is 5.91 Å². The Hall–Kier alpha value is -2.07. The highest BCUT2D eigenvalue weighted by Gasteiger charge is 2.29. The van der Waals surface area contributed by atoms with E-state index in [0.717, 1.165) is 23.6 Å². The quantitative estimate of drug-likeness (QED) is 0.826. The molecule has 4 heteroatoms. The number of aliphatic hydroxyl groups is 1. The summed E-state index contributed by atoms with van der Waals surface area (Å²) < 4.78 is 5.52. The molecule has 0 saturated heterocycles. The summed E-state index contributed by atoms with van der Waals surface area (Å²) in [6, 6.07) is 13.8. The molecule has 2 aromatic carbocycles. The predicted octanol–water partition coefficient (Wildman–Crippen LogP) is 2.50. The van der Waals surface area contributed by atoms with Gasteiger partial charge in [0.05, 0.1) is 6.10 Å². The molecular formula is C18H21NO3. The van der Waals surface area contributed by atoms with Crippen molar-refractivity contribution < 1.29 is 14.6 Å². The highest BCUT2D eigenvalue weighted by molar-refractivity contribution is 5.84. The summed E-state index contributed by atoms with van der Waals surface area (Å²) in [5, 5.41) is 14.7. The van der Waals surface area contributed by atoms with Crippen LogP contribution in [0.15, 0.2) is 42.5 Å². The molecule has 0 aliphatic heterocycles. The second-order valence-electron chi connectivity index (χ2n) is 5.84. The molecule has 1 atom stereocenters. The van der Waals surface area contributed by atoms with Crippen molar-refractivity contribution >= 4 is 16.7 Å². The molecule has 1 saturated carbocycles. The second kappa shape index (κ2) is 6.79. The molecule has 0 spiro atoms. The molecule has 1 aliphatic rings. The number of fused-ring (bicyclic) bond motifs is 1.